The summed E-state index contributed by atoms with van der Waals surface area (Å²) >= 11 is 0. The maximum absolute atomic E-state index is 13.6. The first-order valence-electron chi connectivity index (χ1n) is 6.81. The molecule has 0 fully saturated rings. The first kappa shape index (κ1) is 15.8. The molecule has 2 aromatic rings. The van der Waals surface area contributed by atoms with Gasteiger partial charge in [-0.2, -0.15) is 0 Å². The molecule has 0 radical (unpaired) electrons. The molecule has 1 N–H and O–H groups in total. The lowest BCUT2D eigenvalue weighted by atomic mass is 10.1. The Morgan fingerprint density at radius 2 is 1.86 bits per heavy atom. The predicted octanol–water partition coefficient (Wildman–Crippen LogP) is 3.08. The van der Waals surface area contributed by atoms with Crippen molar-refractivity contribution < 1.29 is 18.7 Å². The second-order valence-corrected chi connectivity index (χ2v) is 4.75. The van der Waals surface area contributed by atoms with Crippen LogP contribution >= 0.6 is 0 Å². The highest BCUT2D eigenvalue weighted by molar-refractivity contribution is 5.94. The number of rotatable bonds is 5. The van der Waals surface area contributed by atoms with Crippen LogP contribution in [0.25, 0.3) is 0 Å². The molecule has 2 aromatic carbocycles. The van der Waals surface area contributed by atoms with Gasteiger partial charge in [0.15, 0.2) is 0 Å². The van der Waals surface area contributed by atoms with Gasteiger partial charge < -0.3 is 14.8 Å². The van der Waals surface area contributed by atoms with Gasteiger partial charge in [-0.3, -0.25) is 4.79 Å². The van der Waals surface area contributed by atoms with E-state index in [9.17, 15) is 9.18 Å². The zero-order valence-corrected chi connectivity index (χ0v) is 12.8. The Kier molecular flexibility index (Phi) is 4.99. The second kappa shape index (κ2) is 6.93. The van der Waals surface area contributed by atoms with Crippen LogP contribution in [0.5, 0.6) is 11.5 Å². The Bertz CT molecular complexity index is 686. The lowest BCUT2D eigenvalue weighted by molar-refractivity contribution is 0.0946. The fraction of sp³-hybridized carbons (Fsp3) is 0.235. The van der Waals surface area contributed by atoms with E-state index in [0.717, 1.165) is 11.1 Å². The molecular weight excluding hydrogens is 285 g/mol. The normalized spacial score (nSPS) is 10.2. The molecule has 0 aliphatic carbocycles. The minimum atomic E-state index is -0.544. The van der Waals surface area contributed by atoms with E-state index in [4.69, 9.17) is 9.47 Å². The van der Waals surface area contributed by atoms with Crippen molar-refractivity contribution in [3.63, 3.8) is 0 Å². The second-order valence-electron chi connectivity index (χ2n) is 4.75. The summed E-state index contributed by atoms with van der Waals surface area (Å²) in [6.45, 7) is 2.11. The van der Waals surface area contributed by atoms with E-state index in [1.165, 1.54) is 12.1 Å². The Balaban J connectivity index is 2.17. The highest BCUT2D eigenvalue weighted by Crippen LogP contribution is 2.31. The van der Waals surface area contributed by atoms with Crippen molar-refractivity contribution in [2.45, 2.75) is 13.5 Å². The number of ether oxygens (including phenoxy) is 2. The molecule has 2 rings (SSSR count). The van der Waals surface area contributed by atoms with Crippen LogP contribution in [0.1, 0.15) is 21.5 Å². The van der Waals surface area contributed by atoms with Gasteiger partial charge in [0, 0.05) is 17.7 Å². The van der Waals surface area contributed by atoms with Gasteiger partial charge in [-0.05, 0) is 31.2 Å². The van der Waals surface area contributed by atoms with E-state index in [-0.39, 0.29) is 12.1 Å². The van der Waals surface area contributed by atoms with Gasteiger partial charge in [-0.25, -0.2) is 4.39 Å². The van der Waals surface area contributed by atoms with E-state index in [2.05, 4.69) is 5.32 Å². The van der Waals surface area contributed by atoms with E-state index >= 15 is 0 Å². The summed E-state index contributed by atoms with van der Waals surface area (Å²) in [6.07, 6.45) is 0. The number of hydrogen-bond acceptors (Lipinski definition) is 3. The van der Waals surface area contributed by atoms with Crippen LogP contribution in [0.15, 0.2) is 36.4 Å². The molecule has 0 heterocycles. The molecule has 0 saturated heterocycles. The van der Waals surface area contributed by atoms with Gasteiger partial charge in [0.25, 0.3) is 5.91 Å². The molecule has 0 unspecified atom stereocenters. The standard InChI is InChI=1S/C17H18FNO3/c1-11-15(21-2)9-8-12(16(11)22-3)10-19-17(20)13-6-4-5-7-14(13)18/h4-9H,10H2,1-3H3,(H,19,20). The quantitative estimate of drug-likeness (QED) is 0.923. The van der Waals surface area contributed by atoms with Crippen molar-refractivity contribution in [3.05, 3.63) is 58.9 Å². The molecule has 22 heavy (non-hydrogen) atoms. The molecular formula is C17H18FNO3. The van der Waals surface area contributed by atoms with Crippen LogP contribution in [0.3, 0.4) is 0 Å². The molecule has 0 saturated carbocycles. The maximum atomic E-state index is 13.6. The minimum Gasteiger partial charge on any atom is -0.496 e. The summed E-state index contributed by atoms with van der Waals surface area (Å²) in [4.78, 5) is 12.0. The highest BCUT2D eigenvalue weighted by Gasteiger charge is 2.14. The van der Waals surface area contributed by atoms with Crippen LogP contribution in [-0.2, 0) is 6.54 Å². The van der Waals surface area contributed by atoms with Gasteiger partial charge in [0.1, 0.15) is 17.3 Å². The van der Waals surface area contributed by atoms with E-state index in [1.807, 2.05) is 19.1 Å². The van der Waals surface area contributed by atoms with E-state index in [1.54, 1.807) is 26.4 Å². The molecule has 0 atom stereocenters. The first-order chi connectivity index (χ1) is 10.6. The van der Waals surface area contributed by atoms with E-state index < -0.39 is 11.7 Å². The van der Waals surface area contributed by atoms with Crippen molar-refractivity contribution >= 4 is 5.91 Å². The lowest BCUT2D eigenvalue weighted by Crippen LogP contribution is -2.24. The van der Waals surface area contributed by atoms with E-state index in [0.29, 0.717) is 11.5 Å². The summed E-state index contributed by atoms with van der Waals surface area (Å²) in [5, 5.41) is 2.70. The molecule has 0 aromatic heterocycles. The Labute approximate surface area is 128 Å². The van der Waals surface area contributed by atoms with Crippen LogP contribution in [-0.4, -0.2) is 20.1 Å². The Morgan fingerprint density at radius 3 is 2.50 bits per heavy atom. The largest absolute Gasteiger partial charge is 0.496 e. The Morgan fingerprint density at radius 1 is 1.14 bits per heavy atom. The molecule has 5 heteroatoms. The number of hydrogen-bond donors (Lipinski definition) is 1. The van der Waals surface area contributed by atoms with Crippen molar-refractivity contribution in [1.82, 2.24) is 5.32 Å². The number of benzene rings is 2. The van der Waals surface area contributed by atoms with Crippen LogP contribution < -0.4 is 14.8 Å². The fourth-order valence-electron chi connectivity index (χ4n) is 2.29. The zero-order chi connectivity index (χ0) is 16.1. The molecule has 0 aliphatic rings. The monoisotopic (exact) mass is 303 g/mol. The molecule has 4 nitrogen and oxygen atoms in total. The SMILES string of the molecule is COc1ccc(CNC(=O)c2ccccc2F)c(OC)c1C. The summed E-state index contributed by atoms with van der Waals surface area (Å²) in [7, 11) is 3.14. The Hall–Kier alpha value is -2.56. The topological polar surface area (TPSA) is 47.6 Å². The van der Waals surface area contributed by atoms with Crippen molar-refractivity contribution in [2.24, 2.45) is 0 Å². The van der Waals surface area contributed by atoms with Gasteiger partial charge >= 0.3 is 0 Å². The van der Waals surface area contributed by atoms with Gasteiger partial charge in [0.05, 0.1) is 19.8 Å². The predicted molar refractivity (Wildman–Crippen MR) is 81.9 cm³/mol. The van der Waals surface area contributed by atoms with Crippen molar-refractivity contribution in [3.8, 4) is 11.5 Å². The average Bonchev–Trinajstić information content (AvgIpc) is 2.53. The van der Waals surface area contributed by atoms with Crippen molar-refractivity contribution in [1.29, 1.82) is 0 Å². The first-order valence-corrected chi connectivity index (χ1v) is 6.81. The smallest absolute Gasteiger partial charge is 0.254 e. The van der Waals surface area contributed by atoms with Gasteiger partial charge in [0.2, 0.25) is 0 Å². The third kappa shape index (κ3) is 3.19. The third-order valence-electron chi connectivity index (χ3n) is 3.42. The highest BCUT2D eigenvalue weighted by atomic mass is 19.1. The molecule has 116 valence electrons. The summed E-state index contributed by atoms with van der Waals surface area (Å²) in [6, 6.07) is 9.49. The minimum absolute atomic E-state index is 0.0201. The maximum Gasteiger partial charge on any atom is 0.254 e. The molecule has 0 aliphatic heterocycles. The van der Waals surface area contributed by atoms with Gasteiger partial charge in [-0.1, -0.05) is 12.1 Å². The number of halogens is 1. The lowest BCUT2D eigenvalue weighted by Gasteiger charge is -2.15. The summed E-state index contributed by atoms with van der Waals surface area (Å²) in [5.41, 5.74) is 1.67. The van der Waals surface area contributed by atoms with Crippen LogP contribution in [0.2, 0.25) is 0 Å². The average molecular weight is 303 g/mol. The number of carbonyl (C=O) groups is 1. The number of amides is 1. The number of methoxy groups -OCH3 is 2. The molecule has 1 amide bonds. The number of nitrogens with one attached hydrogen (secondary N) is 1. The molecule has 0 bridgehead atoms. The molecule has 0 spiro atoms. The van der Waals surface area contributed by atoms with Crippen molar-refractivity contribution in [2.75, 3.05) is 14.2 Å². The fourth-order valence-corrected chi connectivity index (χ4v) is 2.29. The zero-order valence-electron chi connectivity index (χ0n) is 12.8. The third-order valence-corrected chi connectivity index (χ3v) is 3.42. The number of carbonyl (C=O) groups excluding carboxylic acids is 1. The summed E-state index contributed by atoms with van der Waals surface area (Å²) in [5.74, 6) is 0.348. The van der Waals surface area contributed by atoms with Crippen LogP contribution in [0, 0.1) is 12.7 Å². The van der Waals surface area contributed by atoms with Gasteiger partial charge in [-0.15, -0.1) is 0 Å². The van der Waals surface area contributed by atoms with Crippen LogP contribution in [0.4, 0.5) is 4.39 Å². The summed E-state index contributed by atoms with van der Waals surface area (Å²) < 4.78 is 24.2.